The highest BCUT2D eigenvalue weighted by Crippen LogP contribution is 2.29. The van der Waals surface area contributed by atoms with Crippen LogP contribution in [0.3, 0.4) is 0 Å². The van der Waals surface area contributed by atoms with E-state index in [0.717, 1.165) is 4.90 Å². The number of carboxylic acids is 1. The summed E-state index contributed by atoms with van der Waals surface area (Å²) in [5, 5.41) is 14.3. The fourth-order valence-corrected chi connectivity index (χ4v) is 4.03. The number of ether oxygens (including phenoxy) is 1. The van der Waals surface area contributed by atoms with E-state index in [0.29, 0.717) is 29.1 Å². The second-order valence-electron chi connectivity index (χ2n) is 7.10. The molecule has 0 aliphatic rings. The van der Waals surface area contributed by atoms with Gasteiger partial charge in [-0.2, -0.15) is 0 Å². The van der Waals surface area contributed by atoms with E-state index in [1.54, 1.807) is 49.6 Å². The van der Waals surface area contributed by atoms with Crippen LogP contribution in [-0.2, 0) is 4.79 Å². The van der Waals surface area contributed by atoms with Crippen LogP contribution in [0.2, 0.25) is 0 Å². The Morgan fingerprint density at radius 3 is 2.30 bits per heavy atom. The summed E-state index contributed by atoms with van der Waals surface area (Å²) in [6, 6.07) is 20.2. The SMILES string of the molecule is CCC(Sc1cccc(NC(=O)c2cccc(OC)c2)c1)C(=O)Nc1ccc(C(=O)O)cc1. The van der Waals surface area contributed by atoms with Gasteiger partial charge in [-0.3, -0.25) is 9.59 Å². The molecule has 0 aliphatic carbocycles. The van der Waals surface area contributed by atoms with Crippen LogP contribution in [-0.4, -0.2) is 35.2 Å². The number of hydrogen-bond donors (Lipinski definition) is 3. The Morgan fingerprint density at radius 2 is 1.64 bits per heavy atom. The molecule has 0 radical (unpaired) electrons. The average molecular weight is 465 g/mol. The summed E-state index contributed by atoms with van der Waals surface area (Å²) in [6.45, 7) is 1.92. The van der Waals surface area contributed by atoms with Crippen molar-refractivity contribution in [2.75, 3.05) is 17.7 Å². The zero-order chi connectivity index (χ0) is 23.8. The molecule has 7 nitrogen and oxygen atoms in total. The van der Waals surface area contributed by atoms with E-state index >= 15 is 0 Å². The lowest BCUT2D eigenvalue weighted by atomic mass is 10.2. The van der Waals surface area contributed by atoms with Gasteiger partial charge in [-0.15, -0.1) is 11.8 Å². The highest BCUT2D eigenvalue weighted by atomic mass is 32.2. The summed E-state index contributed by atoms with van der Waals surface area (Å²) in [5.74, 6) is -0.864. The van der Waals surface area contributed by atoms with Gasteiger partial charge in [0.1, 0.15) is 5.75 Å². The molecule has 0 heterocycles. The Labute approximate surface area is 196 Å². The molecule has 0 spiro atoms. The Bertz CT molecular complexity index is 1150. The molecular weight excluding hydrogens is 440 g/mol. The number of anilines is 2. The number of aromatic carboxylic acids is 1. The number of thioether (sulfide) groups is 1. The normalized spacial score (nSPS) is 11.3. The van der Waals surface area contributed by atoms with Crippen LogP contribution in [0.4, 0.5) is 11.4 Å². The molecule has 1 atom stereocenters. The van der Waals surface area contributed by atoms with Crippen molar-refractivity contribution >= 4 is 40.9 Å². The summed E-state index contributed by atoms with van der Waals surface area (Å²) < 4.78 is 5.16. The minimum Gasteiger partial charge on any atom is -0.497 e. The molecule has 0 aliphatic heterocycles. The second kappa shape index (κ2) is 11.2. The quantitative estimate of drug-likeness (QED) is 0.378. The van der Waals surface area contributed by atoms with Crippen LogP contribution in [0.25, 0.3) is 0 Å². The number of carbonyl (C=O) groups is 3. The van der Waals surface area contributed by atoms with Gasteiger partial charge in [0.25, 0.3) is 5.91 Å². The molecule has 0 bridgehead atoms. The molecule has 170 valence electrons. The largest absolute Gasteiger partial charge is 0.497 e. The van der Waals surface area contributed by atoms with Crippen molar-refractivity contribution in [2.24, 2.45) is 0 Å². The molecule has 1 unspecified atom stereocenters. The van der Waals surface area contributed by atoms with Gasteiger partial charge in [-0.25, -0.2) is 4.79 Å². The maximum Gasteiger partial charge on any atom is 0.335 e. The maximum absolute atomic E-state index is 12.7. The predicted molar refractivity (Wildman–Crippen MR) is 129 cm³/mol. The Kier molecular flexibility index (Phi) is 8.10. The van der Waals surface area contributed by atoms with Crippen LogP contribution in [0.1, 0.15) is 34.1 Å². The fourth-order valence-electron chi connectivity index (χ4n) is 3.02. The van der Waals surface area contributed by atoms with E-state index < -0.39 is 5.97 Å². The molecule has 0 aromatic heterocycles. The first-order chi connectivity index (χ1) is 15.9. The van der Waals surface area contributed by atoms with Gasteiger partial charge in [-0.05, 0) is 67.1 Å². The number of benzene rings is 3. The van der Waals surface area contributed by atoms with Crippen molar-refractivity contribution in [3.05, 3.63) is 83.9 Å². The van der Waals surface area contributed by atoms with Gasteiger partial charge in [-0.1, -0.05) is 19.1 Å². The van der Waals surface area contributed by atoms with E-state index in [4.69, 9.17) is 9.84 Å². The van der Waals surface area contributed by atoms with Crippen molar-refractivity contribution in [2.45, 2.75) is 23.5 Å². The third kappa shape index (κ3) is 6.60. The molecule has 3 aromatic carbocycles. The highest BCUT2D eigenvalue weighted by Gasteiger charge is 2.19. The molecule has 0 fully saturated rings. The van der Waals surface area contributed by atoms with Crippen LogP contribution in [0, 0.1) is 0 Å². The first-order valence-electron chi connectivity index (χ1n) is 10.3. The van der Waals surface area contributed by atoms with Gasteiger partial charge in [0.2, 0.25) is 5.91 Å². The summed E-state index contributed by atoms with van der Waals surface area (Å²) in [4.78, 5) is 37.1. The fraction of sp³-hybridized carbons (Fsp3) is 0.160. The summed E-state index contributed by atoms with van der Waals surface area (Å²) in [5.41, 5.74) is 1.78. The van der Waals surface area contributed by atoms with Crippen LogP contribution in [0.5, 0.6) is 5.75 Å². The van der Waals surface area contributed by atoms with E-state index in [9.17, 15) is 14.4 Å². The molecular formula is C25H24N2O5S. The zero-order valence-electron chi connectivity index (χ0n) is 18.2. The van der Waals surface area contributed by atoms with Gasteiger partial charge in [0.15, 0.2) is 0 Å². The lowest BCUT2D eigenvalue weighted by Crippen LogP contribution is -2.24. The third-order valence-electron chi connectivity index (χ3n) is 4.76. The summed E-state index contributed by atoms with van der Waals surface area (Å²) in [6.07, 6.45) is 0.587. The number of hydrogen-bond acceptors (Lipinski definition) is 5. The molecule has 2 amide bonds. The monoisotopic (exact) mass is 464 g/mol. The first-order valence-corrected chi connectivity index (χ1v) is 11.1. The number of amides is 2. The minimum absolute atomic E-state index is 0.155. The van der Waals surface area contributed by atoms with Gasteiger partial charge in [0.05, 0.1) is 17.9 Å². The molecule has 3 rings (SSSR count). The molecule has 0 saturated carbocycles. The first kappa shape index (κ1) is 23.9. The molecule has 3 N–H and O–H groups in total. The summed E-state index contributed by atoms with van der Waals surface area (Å²) in [7, 11) is 1.54. The zero-order valence-corrected chi connectivity index (χ0v) is 19.0. The van der Waals surface area contributed by atoms with E-state index in [2.05, 4.69) is 10.6 Å². The lowest BCUT2D eigenvalue weighted by Gasteiger charge is -2.15. The van der Waals surface area contributed by atoms with Gasteiger partial charge >= 0.3 is 5.97 Å². The molecule has 3 aromatic rings. The lowest BCUT2D eigenvalue weighted by molar-refractivity contribution is -0.115. The minimum atomic E-state index is -1.02. The third-order valence-corrected chi connectivity index (χ3v) is 6.12. The number of nitrogens with one attached hydrogen (secondary N) is 2. The highest BCUT2D eigenvalue weighted by molar-refractivity contribution is 8.00. The second-order valence-corrected chi connectivity index (χ2v) is 8.38. The molecule has 8 heteroatoms. The van der Waals surface area contributed by atoms with Crippen LogP contribution < -0.4 is 15.4 Å². The number of carbonyl (C=O) groups excluding carboxylic acids is 2. The Balaban J connectivity index is 1.65. The van der Waals surface area contributed by atoms with Crippen LogP contribution >= 0.6 is 11.8 Å². The van der Waals surface area contributed by atoms with Gasteiger partial charge < -0.3 is 20.5 Å². The predicted octanol–water partition coefficient (Wildman–Crippen LogP) is 5.16. The standard InChI is InChI=1S/C25H24N2O5S/c1-3-22(24(29)26-18-12-10-16(11-13-18)25(30)31)33-21-9-5-7-19(15-21)27-23(28)17-6-4-8-20(14-17)32-2/h4-15,22H,3H2,1-2H3,(H,26,29)(H,27,28)(H,30,31). The Hall–Kier alpha value is -3.78. The number of rotatable bonds is 9. The van der Waals surface area contributed by atoms with Crippen LogP contribution in [0.15, 0.2) is 77.7 Å². The molecule has 33 heavy (non-hydrogen) atoms. The maximum atomic E-state index is 12.7. The smallest absolute Gasteiger partial charge is 0.335 e. The topological polar surface area (TPSA) is 105 Å². The number of carboxylic acid groups (broad SMARTS) is 1. The van der Waals surface area contributed by atoms with Crippen molar-refractivity contribution < 1.29 is 24.2 Å². The van der Waals surface area contributed by atoms with Crippen molar-refractivity contribution in [1.29, 1.82) is 0 Å². The summed E-state index contributed by atoms with van der Waals surface area (Å²) >= 11 is 1.39. The van der Waals surface area contributed by atoms with E-state index in [1.165, 1.54) is 23.9 Å². The van der Waals surface area contributed by atoms with Gasteiger partial charge in [0, 0.05) is 21.8 Å². The van der Waals surface area contributed by atoms with Crippen molar-refractivity contribution in [1.82, 2.24) is 0 Å². The van der Waals surface area contributed by atoms with E-state index in [1.807, 2.05) is 25.1 Å². The van der Waals surface area contributed by atoms with Crippen molar-refractivity contribution in [3.8, 4) is 5.75 Å². The average Bonchev–Trinajstić information content (AvgIpc) is 2.83. The number of methoxy groups -OCH3 is 1. The van der Waals surface area contributed by atoms with E-state index in [-0.39, 0.29) is 22.6 Å². The Morgan fingerprint density at radius 1 is 0.909 bits per heavy atom. The van der Waals surface area contributed by atoms with Crippen molar-refractivity contribution in [3.63, 3.8) is 0 Å². The molecule has 0 saturated heterocycles.